The van der Waals surface area contributed by atoms with E-state index in [-0.39, 0.29) is 30.5 Å². The van der Waals surface area contributed by atoms with Crippen LogP contribution in [0.2, 0.25) is 0 Å². The molecule has 7 nitrogen and oxygen atoms in total. The number of benzene rings is 1. The van der Waals surface area contributed by atoms with Crippen molar-refractivity contribution >= 4 is 23.3 Å². The second-order valence-corrected chi connectivity index (χ2v) is 5.92. The number of quaternary nitrogens is 1. The molecule has 0 aliphatic rings. The van der Waals surface area contributed by atoms with Crippen molar-refractivity contribution in [2.75, 3.05) is 30.3 Å². The Balaban J connectivity index is 1.94. The summed E-state index contributed by atoms with van der Waals surface area (Å²) in [5.41, 5.74) is -1.23. The van der Waals surface area contributed by atoms with Gasteiger partial charge >= 0.3 is 6.18 Å². The monoisotopic (exact) mass is 385 g/mol. The third kappa shape index (κ3) is 6.10. The molecule has 0 saturated carbocycles. The lowest BCUT2D eigenvalue weighted by molar-refractivity contribution is -0.881. The summed E-state index contributed by atoms with van der Waals surface area (Å²) in [6.07, 6.45) is -4.57. The lowest BCUT2D eigenvalue weighted by atomic mass is 10.1. The number of carbonyl (C=O) groups excluding carboxylic acids is 2. The number of likely N-dealkylation sites (N-methyl/N-ethyl adjacent to an activating group) is 1. The molecule has 0 aliphatic heterocycles. The van der Waals surface area contributed by atoms with Gasteiger partial charge in [-0.05, 0) is 26.0 Å². The minimum absolute atomic E-state index is 0.0449. The van der Waals surface area contributed by atoms with Crippen LogP contribution < -0.4 is 15.5 Å². The Bertz CT molecular complexity index is 805. The maximum Gasteiger partial charge on any atom is 0.418 e. The lowest BCUT2D eigenvalue weighted by Gasteiger charge is -2.18. The Hall–Kier alpha value is -2.88. The molecule has 2 amide bonds. The van der Waals surface area contributed by atoms with Crippen molar-refractivity contribution in [1.82, 2.24) is 5.16 Å². The van der Waals surface area contributed by atoms with E-state index < -0.39 is 17.6 Å². The Labute approximate surface area is 153 Å². The van der Waals surface area contributed by atoms with Crippen LogP contribution in [0, 0.1) is 6.92 Å². The summed E-state index contributed by atoms with van der Waals surface area (Å²) in [4.78, 5) is 24.7. The molecule has 10 heteroatoms. The topological polar surface area (TPSA) is 88.7 Å². The molecule has 0 aliphatic carbocycles. The van der Waals surface area contributed by atoms with Crippen LogP contribution in [-0.4, -0.2) is 36.6 Å². The number of rotatable bonds is 7. The van der Waals surface area contributed by atoms with Crippen molar-refractivity contribution in [2.24, 2.45) is 0 Å². The Morgan fingerprint density at radius 2 is 1.78 bits per heavy atom. The van der Waals surface area contributed by atoms with E-state index in [9.17, 15) is 22.8 Å². The van der Waals surface area contributed by atoms with E-state index in [1.807, 2.05) is 0 Å². The van der Waals surface area contributed by atoms with Gasteiger partial charge in [-0.25, -0.2) is 0 Å². The highest BCUT2D eigenvalue weighted by Gasteiger charge is 2.33. The van der Waals surface area contributed by atoms with Crippen LogP contribution in [0.3, 0.4) is 0 Å². The molecule has 2 aromatic rings. The molecule has 1 heterocycles. The fraction of sp³-hybridized carbons (Fsp3) is 0.353. The summed E-state index contributed by atoms with van der Waals surface area (Å²) in [7, 11) is 0. The number of hydrogen-bond acceptors (Lipinski definition) is 4. The summed E-state index contributed by atoms with van der Waals surface area (Å²) in [6.45, 7) is 3.67. The van der Waals surface area contributed by atoms with Gasteiger partial charge in [0.15, 0.2) is 18.9 Å². The van der Waals surface area contributed by atoms with Gasteiger partial charge in [0.25, 0.3) is 11.8 Å². The van der Waals surface area contributed by atoms with Crippen LogP contribution in [-0.2, 0) is 15.8 Å². The van der Waals surface area contributed by atoms with Crippen LogP contribution in [0.5, 0.6) is 0 Å². The molecular weight excluding hydrogens is 365 g/mol. The number of alkyl halides is 3. The number of halogens is 3. The van der Waals surface area contributed by atoms with Gasteiger partial charge in [-0.15, -0.1) is 0 Å². The predicted octanol–water partition coefficient (Wildman–Crippen LogP) is 1.48. The SMILES string of the molecule is CC[NH+](CC(=O)Nc1cc(C)on1)CC(=O)Nc1ccccc1C(F)(F)F. The van der Waals surface area contributed by atoms with Crippen molar-refractivity contribution in [2.45, 2.75) is 20.0 Å². The van der Waals surface area contributed by atoms with Crippen molar-refractivity contribution in [1.29, 1.82) is 0 Å². The Morgan fingerprint density at radius 1 is 1.15 bits per heavy atom. The first kappa shape index (κ1) is 20.4. The van der Waals surface area contributed by atoms with E-state index in [0.717, 1.165) is 6.07 Å². The van der Waals surface area contributed by atoms with Crippen molar-refractivity contribution in [3.05, 3.63) is 41.7 Å². The molecule has 27 heavy (non-hydrogen) atoms. The zero-order valence-corrected chi connectivity index (χ0v) is 14.8. The van der Waals surface area contributed by atoms with Gasteiger partial charge in [-0.3, -0.25) is 9.59 Å². The van der Waals surface area contributed by atoms with Crippen LogP contribution >= 0.6 is 0 Å². The largest absolute Gasteiger partial charge is 0.418 e. The van der Waals surface area contributed by atoms with Crippen molar-refractivity contribution in [3.63, 3.8) is 0 Å². The van der Waals surface area contributed by atoms with E-state index in [0.29, 0.717) is 17.2 Å². The number of anilines is 2. The highest BCUT2D eigenvalue weighted by atomic mass is 19.4. The summed E-state index contributed by atoms with van der Waals surface area (Å²) in [5.74, 6) is -0.207. The minimum atomic E-state index is -4.57. The summed E-state index contributed by atoms with van der Waals surface area (Å²) in [5, 5.41) is 8.44. The van der Waals surface area contributed by atoms with Crippen LogP contribution in [0.15, 0.2) is 34.9 Å². The molecule has 1 aromatic heterocycles. The van der Waals surface area contributed by atoms with Crippen LogP contribution in [0.25, 0.3) is 0 Å². The number of hydrogen-bond donors (Lipinski definition) is 3. The first-order valence-electron chi connectivity index (χ1n) is 8.22. The van der Waals surface area contributed by atoms with Gasteiger partial charge in [0, 0.05) is 6.07 Å². The molecule has 2 rings (SSSR count). The first-order chi connectivity index (χ1) is 12.7. The second-order valence-electron chi connectivity index (χ2n) is 5.92. The van der Waals surface area contributed by atoms with Gasteiger partial charge < -0.3 is 20.1 Å². The third-order valence-corrected chi connectivity index (χ3v) is 3.72. The second kappa shape index (κ2) is 8.67. The highest BCUT2D eigenvalue weighted by molar-refractivity contribution is 5.93. The number of nitrogens with one attached hydrogen (secondary N) is 3. The number of para-hydroxylation sites is 1. The standard InChI is InChI=1S/C17H19F3N4O3/c1-3-24(10-16(26)22-14-8-11(2)27-23-14)9-15(25)21-13-7-5-4-6-12(13)17(18,19)20/h4-8H,3,9-10H2,1-2H3,(H,21,25)(H,22,23,26)/p+1. The van der Waals surface area contributed by atoms with E-state index >= 15 is 0 Å². The molecule has 0 fully saturated rings. The van der Waals surface area contributed by atoms with Gasteiger partial charge in [-0.1, -0.05) is 17.3 Å². The van der Waals surface area contributed by atoms with Gasteiger partial charge in [0.2, 0.25) is 0 Å². The highest BCUT2D eigenvalue weighted by Crippen LogP contribution is 2.34. The number of amides is 2. The van der Waals surface area contributed by atoms with E-state index in [1.165, 1.54) is 18.2 Å². The fourth-order valence-electron chi connectivity index (χ4n) is 2.41. The number of aromatic nitrogens is 1. The molecule has 3 N–H and O–H groups in total. The van der Waals surface area contributed by atoms with E-state index in [2.05, 4.69) is 15.8 Å². The summed E-state index contributed by atoms with van der Waals surface area (Å²) < 4.78 is 43.8. The van der Waals surface area contributed by atoms with Gasteiger partial charge in [0.1, 0.15) is 5.76 Å². The van der Waals surface area contributed by atoms with Crippen molar-refractivity contribution in [3.8, 4) is 0 Å². The smallest absolute Gasteiger partial charge is 0.360 e. The molecule has 1 aromatic carbocycles. The molecular formula is C17H20F3N4O3+. The molecule has 0 bridgehead atoms. The number of nitrogens with zero attached hydrogens (tertiary/aromatic N) is 1. The maximum atomic E-state index is 13.0. The maximum absolute atomic E-state index is 13.0. The van der Waals surface area contributed by atoms with Gasteiger partial charge in [0.05, 0.1) is 17.8 Å². The molecule has 146 valence electrons. The average Bonchev–Trinajstić information content (AvgIpc) is 2.98. The Kier molecular flexibility index (Phi) is 6.56. The van der Waals surface area contributed by atoms with Crippen molar-refractivity contribution < 1.29 is 32.2 Å². The average molecular weight is 385 g/mol. The zero-order valence-electron chi connectivity index (χ0n) is 14.8. The molecule has 1 atom stereocenters. The van der Waals surface area contributed by atoms with E-state index in [1.54, 1.807) is 19.9 Å². The zero-order chi connectivity index (χ0) is 20.0. The lowest BCUT2D eigenvalue weighted by Crippen LogP contribution is -3.13. The molecule has 0 spiro atoms. The van der Waals surface area contributed by atoms with Crippen LogP contribution in [0.4, 0.5) is 24.7 Å². The first-order valence-corrected chi connectivity index (χ1v) is 8.22. The predicted molar refractivity (Wildman–Crippen MR) is 91.2 cm³/mol. The third-order valence-electron chi connectivity index (χ3n) is 3.72. The fourth-order valence-corrected chi connectivity index (χ4v) is 2.41. The van der Waals surface area contributed by atoms with Crippen LogP contribution in [0.1, 0.15) is 18.2 Å². The number of aryl methyl sites for hydroxylation is 1. The Morgan fingerprint density at radius 3 is 2.33 bits per heavy atom. The quantitative estimate of drug-likeness (QED) is 0.674. The molecule has 0 radical (unpaired) electrons. The molecule has 0 saturated heterocycles. The normalized spacial score (nSPS) is 12.5. The summed E-state index contributed by atoms with van der Waals surface area (Å²) in [6, 6.07) is 6.28. The summed E-state index contributed by atoms with van der Waals surface area (Å²) >= 11 is 0. The van der Waals surface area contributed by atoms with E-state index in [4.69, 9.17) is 4.52 Å². The molecule has 1 unspecified atom stereocenters. The van der Waals surface area contributed by atoms with Gasteiger partial charge in [-0.2, -0.15) is 13.2 Å². The number of carbonyl (C=O) groups is 2. The minimum Gasteiger partial charge on any atom is -0.360 e.